The van der Waals surface area contributed by atoms with Crippen LogP contribution in [0.15, 0.2) is 47.1 Å². The number of aliphatic hydroxyl groups is 1. The molecule has 4 aliphatic rings. The lowest BCUT2D eigenvalue weighted by atomic mass is 9.58. The molecule has 1 N–H and O–H groups in total. The Labute approximate surface area is 185 Å². The molecule has 0 aromatic heterocycles. The van der Waals surface area contributed by atoms with Crippen LogP contribution in [-0.2, 0) is 0 Å². The zero-order valence-corrected chi connectivity index (χ0v) is 20.0. The van der Waals surface area contributed by atoms with Crippen molar-refractivity contribution in [3.8, 4) is 0 Å². The van der Waals surface area contributed by atoms with Crippen LogP contribution in [0.5, 0.6) is 0 Å². The summed E-state index contributed by atoms with van der Waals surface area (Å²) in [6, 6.07) is 0. The molecule has 1 nitrogen and oxygen atoms in total. The van der Waals surface area contributed by atoms with Crippen molar-refractivity contribution >= 4 is 0 Å². The molecule has 7 unspecified atom stereocenters. The van der Waals surface area contributed by atoms with Gasteiger partial charge in [-0.1, -0.05) is 70.6 Å². The van der Waals surface area contributed by atoms with Crippen molar-refractivity contribution in [3.05, 3.63) is 47.1 Å². The maximum atomic E-state index is 10.2. The number of aliphatic hydroxyl groups excluding tert-OH is 1. The van der Waals surface area contributed by atoms with Crippen LogP contribution in [0, 0.1) is 40.9 Å². The van der Waals surface area contributed by atoms with Gasteiger partial charge in [-0.25, -0.2) is 0 Å². The number of fused-ring (bicyclic) bond motifs is 4. The smallest absolute Gasteiger partial charge is 0.0583 e. The molecule has 3 saturated carbocycles. The highest BCUT2D eigenvalue weighted by molar-refractivity contribution is 5.40. The minimum atomic E-state index is -0.143. The summed E-state index contributed by atoms with van der Waals surface area (Å²) in [6.45, 7) is 12.1. The molecule has 1 heteroatoms. The molecule has 0 aromatic carbocycles. The number of hydrogen-bond donors (Lipinski definition) is 1. The predicted molar refractivity (Wildman–Crippen MR) is 128 cm³/mol. The van der Waals surface area contributed by atoms with E-state index in [0.29, 0.717) is 17.3 Å². The Hall–Kier alpha value is -1.08. The minimum absolute atomic E-state index is 0.143. The fraction of sp³-hybridized carbons (Fsp3) is 0.724. The highest BCUT2D eigenvalue weighted by Crippen LogP contribution is 2.61. The van der Waals surface area contributed by atoms with Crippen molar-refractivity contribution in [2.45, 2.75) is 92.1 Å². The fourth-order valence-electron chi connectivity index (χ4n) is 7.04. The van der Waals surface area contributed by atoms with E-state index < -0.39 is 0 Å². The van der Waals surface area contributed by atoms with Crippen LogP contribution in [0.4, 0.5) is 0 Å². The van der Waals surface area contributed by atoms with Crippen molar-refractivity contribution < 1.29 is 5.11 Å². The Kier molecular flexibility index (Phi) is 6.50. The molecule has 3 fully saturated rings. The molecule has 0 heterocycles. The SMILES string of the molecule is CC(C)C(C)/C=C/C(C)C1CCC2/C3=C/C=C4/CC(O)CCC4=CCC3CCC21C. The highest BCUT2D eigenvalue weighted by atomic mass is 16.3. The summed E-state index contributed by atoms with van der Waals surface area (Å²) < 4.78 is 0. The third kappa shape index (κ3) is 4.16. The zero-order chi connectivity index (χ0) is 21.5. The summed E-state index contributed by atoms with van der Waals surface area (Å²) in [6.07, 6.45) is 21.9. The Morgan fingerprint density at radius 3 is 2.57 bits per heavy atom. The van der Waals surface area contributed by atoms with Crippen molar-refractivity contribution in [1.29, 1.82) is 0 Å². The van der Waals surface area contributed by atoms with Crippen LogP contribution >= 0.6 is 0 Å². The van der Waals surface area contributed by atoms with E-state index in [1.807, 2.05) is 0 Å². The molecule has 166 valence electrons. The van der Waals surface area contributed by atoms with Crippen molar-refractivity contribution in [1.82, 2.24) is 0 Å². The standard InChI is InChI=1S/C29H44O/c1-19(2)20(3)6-7-21(4)27-14-15-28-26-13-11-24-18-25(30)12-10-22(24)8-9-23(26)16-17-29(27,28)5/h6-8,11,13,19-21,23,25,27-28,30H,9-10,12,14-18H2,1-5H3/b7-6+,22-8?,24-11-,26-13+. The molecule has 0 aromatic rings. The monoisotopic (exact) mass is 408 g/mol. The van der Waals surface area contributed by atoms with Crippen LogP contribution in [0.1, 0.15) is 86.0 Å². The van der Waals surface area contributed by atoms with Gasteiger partial charge in [-0.05, 0) is 103 Å². The third-order valence-electron chi connectivity index (χ3n) is 9.46. The predicted octanol–water partition coefficient (Wildman–Crippen LogP) is 7.64. The first-order valence-corrected chi connectivity index (χ1v) is 12.8. The first kappa shape index (κ1) is 22.1. The molecule has 4 aliphatic carbocycles. The van der Waals surface area contributed by atoms with Crippen LogP contribution < -0.4 is 0 Å². The van der Waals surface area contributed by atoms with E-state index in [4.69, 9.17) is 0 Å². The van der Waals surface area contributed by atoms with Crippen LogP contribution in [-0.4, -0.2) is 11.2 Å². The summed E-state index contributed by atoms with van der Waals surface area (Å²) in [5.41, 5.74) is 5.11. The lowest BCUT2D eigenvalue weighted by molar-refractivity contribution is 0.0944. The average Bonchev–Trinajstić information content (AvgIpc) is 3.05. The first-order valence-electron chi connectivity index (χ1n) is 12.8. The minimum Gasteiger partial charge on any atom is -0.393 e. The van der Waals surface area contributed by atoms with E-state index in [9.17, 15) is 5.11 Å². The molecule has 4 rings (SSSR count). The van der Waals surface area contributed by atoms with Gasteiger partial charge < -0.3 is 5.11 Å². The molecule has 0 bridgehead atoms. The summed E-state index contributed by atoms with van der Waals surface area (Å²) in [5.74, 6) is 4.36. The lowest BCUT2D eigenvalue weighted by Crippen LogP contribution is -2.38. The van der Waals surface area contributed by atoms with E-state index >= 15 is 0 Å². The number of hydrogen-bond acceptors (Lipinski definition) is 1. The average molecular weight is 409 g/mol. The molecule has 30 heavy (non-hydrogen) atoms. The van der Waals surface area contributed by atoms with E-state index in [1.54, 1.807) is 5.57 Å². The summed E-state index contributed by atoms with van der Waals surface area (Å²) in [5, 5.41) is 10.2. The van der Waals surface area contributed by atoms with Crippen molar-refractivity contribution in [2.75, 3.05) is 0 Å². The summed E-state index contributed by atoms with van der Waals surface area (Å²) >= 11 is 0. The van der Waals surface area contributed by atoms with Gasteiger partial charge in [0.15, 0.2) is 0 Å². The molecule has 0 radical (unpaired) electrons. The van der Waals surface area contributed by atoms with Gasteiger partial charge in [0.25, 0.3) is 0 Å². The van der Waals surface area contributed by atoms with Gasteiger partial charge in [0.05, 0.1) is 6.10 Å². The van der Waals surface area contributed by atoms with Crippen molar-refractivity contribution in [2.24, 2.45) is 40.9 Å². The summed E-state index contributed by atoms with van der Waals surface area (Å²) in [7, 11) is 0. The third-order valence-corrected chi connectivity index (χ3v) is 9.46. The normalized spacial score (nSPS) is 42.0. The molecule has 7 atom stereocenters. The van der Waals surface area contributed by atoms with Crippen molar-refractivity contribution in [3.63, 3.8) is 0 Å². The van der Waals surface area contributed by atoms with E-state index in [2.05, 4.69) is 65.0 Å². The van der Waals surface area contributed by atoms with Gasteiger partial charge in [0.1, 0.15) is 0 Å². The molecular formula is C29H44O. The Morgan fingerprint density at radius 2 is 1.80 bits per heavy atom. The van der Waals surface area contributed by atoms with Gasteiger partial charge in [0, 0.05) is 0 Å². The van der Waals surface area contributed by atoms with Crippen LogP contribution in [0.2, 0.25) is 0 Å². The zero-order valence-electron chi connectivity index (χ0n) is 20.0. The highest BCUT2D eigenvalue weighted by Gasteiger charge is 2.52. The maximum Gasteiger partial charge on any atom is 0.0583 e. The van der Waals surface area contributed by atoms with E-state index in [0.717, 1.165) is 42.9 Å². The quantitative estimate of drug-likeness (QED) is 0.474. The van der Waals surface area contributed by atoms with E-state index in [1.165, 1.54) is 43.3 Å². The Balaban J connectivity index is 1.56. The molecule has 0 aliphatic heterocycles. The first-order chi connectivity index (χ1) is 14.3. The molecule has 0 spiro atoms. The van der Waals surface area contributed by atoms with Crippen LogP contribution in [0.25, 0.3) is 0 Å². The molecule has 0 saturated heterocycles. The largest absolute Gasteiger partial charge is 0.393 e. The molecular weight excluding hydrogens is 364 g/mol. The van der Waals surface area contributed by atoms with Gasteiger partial charge in [-0.15, -0.1) is 0 Å². The van der Waals surface area contributed by atoms with Gasteiger partial charge >= 0.3 is 0 Å². The number of allylic oxidation sites excluding steroid dienone is 7. The second-order valence-electron chi connectivity index (χ2n) is 11.5. The summed E-state index contributed by atoms with van der Waals surface area (Å²) in [4.78, 5) is 0. The topological polar surface area (TPSA) is 20.2 Å². The van der Waals surface area contributed by atoms with E-state index in [-0.39, 0.29) is 6.10 Å². The lowest BCUT2D eigenvalue weighted by Gasteiger charge is -2.47. The Morgan fingerprint density at radius 1 is 1.00 bits per heavy atom. The van der Waals surface area contributed by atoms with Gasteiger partial charge in [-0.3, -0.25) is 0 Å². The van der Waals surface area contributed by atoms with Gasteiger partial charge in [0.2, 0.25) is 0 Å². The van der Waals surface area contributed by atoms with Crippen LogP contribution in [0.3, 0.4) is 0 Å². The second kappa shape index (κ2) is 8.81. The second-order valence-corrected chi connectivity index (χ2v) is 11.5. The van der Waals surface area contributed by atoms with Gasteiger partial charge in [-0.2, -0.15) is 0 Å². The Bertz CT molecular complexity index is 750. The fourth-order valence-corrected chi connectivity index (χ4v) is 7.04. The number of rotatable bonds is 4. The maximum absolute atomic E-state index is 10.2. The molecule has 0 amide bonds.